The van der Waals surface area contributed by atoms with Crippen LogP contribution in [-0.4, -0.2) is 23.6 Å². The number of hydrogen-bond acceptors (Lipinski definition) is 3. The van der Waals surface area contributed by atoms with E-state index < -0.39 is 0 Å². The number of thioether (sulfide) groups is 1. The molecule has 0 unspecified atom stereocenters. The lowest BCUT2D eigenvalue weighted by atomic mass is 10.2. The molecule has 4 nitrogen and oxygen atoms in total. The molecule has 1 aromatic rings. The summed E-state index contributed by atoms with van der Waals surface area (Å²) >= 11 is 1.81. The molecule has 82 valence electrons. The molecule has 0 atom stereocenters. The number of anilines is 1. The zero-order chi connectivity index (χ0) is 11.4. The van der Waals surface area contributed by atoms with Crippen molar-refractivity contribution in [2.75, 3.05) is 16.8 Å². The van der Waals surface area contributed by atoms with Crippen molar-refractivity contribution in [3.63, 3.8) is 0 Å². The fraction of sp³-hybridized carbons (Fsp3) is 0.273. The van der Waals surface area contributed by atoms with Crippen molar-refractivity contribution in [1.29, 1.82) is 5.26 Å². The van der Waals surface area contributed by atoms with E-state index >= 15 is 0 Å². The highest BCUT2D eigenvalue weighted by Crippen LogP contribution is 2.17. The summed E-state index contributed by atoms with van der Waals surface area (Å²) in [6, 6.07) is 8.95. The quantitative estimate of drug-likeness (QED) is 0.818. The minimum absolute atomic E-state index is 0.208. The van der Waals surface area contributed by atoms with Crippen LogP contribution in [0, 0.1) is 11.3 Å². The van der Waals surface area contributed by atoms with E-state index in [0.717, 1.165) is 11.5 Å². The molecule has 0 aromatic heterocycles. The van der Waals surface area contributed by atoms with Crippen LogP contribution < -0.4 is 10.6 Å². The maximum absolute atomic E-state index is 11.5. The Labute approximate surface area is 98.0 Å². The zero-order valence-corrected chi connectivity index (χ0v) is 9.38. The number of nitriles is 1. The highest BCUT2D eigenvalue weighted by molar-refractivity contribution is 8.00. The number of rotatable bonds is 2. The van der Waals surface area contributed by atoms with Crippen LogP contribution in [0.1, 0.15) is 5.56 Å². The lowest BCUT2D eigenvalue weighted by molar-refractivity contribution is 0.250. The molecule has 2 amide bonds. The van der Waals surface area contributed by atoms with Crippen molar-refractivity contribution in [2.45, 2.75) is 6.04 Å². The Kier molecular flexibility index (Phi) is 3.32. The van der Waals surface area contributed by atoms with Gasteiger partial charge in [0, 0.05) is 23.2 Å². The highest BCUT2D eigenvalue weighted by Gasteiger charge is 2.19. The largest absolute Gasteiger partial charge is 0.333 e. The van der Waals surface area contributed by atoms with E-state index in [0.29, 0.717) is 11.3 Å². The van der Waals surface area contributed by atoms with Crippen LogP contribution in [0.5, 0.6) is 0 Å². The van der Waals surface area contributed by atoms with Crippen molar-refractivity contribution in [3.05, 3.63) is 29.8 Å². The molecule has 1 aliphatic rings. The Morgan fingerprint density at radius 3 is 2.94 bits per heavy atom. The van der Waals surface area contributed by atoms with Crippen LogP contribution in [-0.2, 0) is 0 Å². The molecule has 0 radical (unpaired) electrons. The maximum atomic E-state index is 11.5. The number of hydrogen-bond donors (Lipinski definition) is 2. The third kappa shape index (κ3) is 2.67. The fourth-order valence-corrected chi connectivity index (χ4v) is 1.98. The molecule has 0 spiro atoms. The van der Waals surface area contributed by atoms with Gasteiger partial charge in [-0.2, -0.15) is 17.0 Å². The molecule has 2 rings (SSSR count). The number of nitrogens with zero attached hydrogens (tertiary/aromatic N) is 1. The van der Waals surface area contributed by atoms with E-state index in [2.05, 4.69) is 10.6 Å². The predicted octanol–water partition coefficient (Wildman–Crippen LogP) is 1.80. The summed E-state index contributed by atoms with van der Waals surface area (Å²) in [4.78, 5) is 11.5. The minimum Gasteiger partial charge on any atom is -0.333 e. The van der Waals surface area contributed by atoms with E-state index in [1.165, 1.54) is 0 Å². The van der Waals surface area contributed by atoms with Gasteiger partial charge in [-0.05, 0) is 18.2 Å². The average molecular weight is 233 g/mol. The summed E-state index contributed by atoms with van der Waals surface area (Å²) in [6.45, 7) is 0. The van der Waals surface area contributed by atoms with E-state index in [-0.39, 0.29) is 12.1 Å². The second-order valence-electron chi connectivity index (χ2n) is 3.53. The van der Waals surface area contributed by atoms with Crippen LogP contribution in [0.4, 0.5) is 10.5 Å². The van der Waals surface area contributed by atoms with E-state index in [4.69, 9.17) is 5.26 Å². The van der Waals surface area contributed by atoms with Crippen LogP contribution in [0.25, 0.3) is 0 Å². The van der Waals surface area contributed by atoms with Gasteiger partial charge in [-0.25, -0.2) is 4.79 Å². The Morgan fingerprint density at radius 2 is 2.31 bits per heavy atom. The summed E-state index contributed by atoms with van der Waals surface area (Å²) in [7, 11) is 0. The summed E-state index contributed by atoms with van der Waals surface area (Å²) in [5.74, 6) is 1.96. The summed E-state index contributed by atoms with van der Waals surface area (Å²) in [5, 5.41) is 14.3. The van der Waals surface area contributed by atoms with Gasteiger partial charge in [-0.1, -0.05) is 6.07 Å². The summed E-state index contributed by atoms with van der Waals surface area (Å²) < 4.78 is 0. The fourth-order valence-electron chi connectivity index (χ4n) is 1.34. The molecule has 0 aliphatic carbocycles. The Hall–Kier alpha value is -1.67. The first-order valence-electron chi connectivity index (χ1n) is 4.93. The standard InChI is InChI=1S/C11H11N3OS/c12-5-8-2-1-3-9(4-8)13-11(15)14-10-6-16-7-10/h1-4,10H,6-7H2,(H2,13,14,15). The van der Waals surface area contributed by atoms with Gasteiger partial charge in [0.2, 0.25) is 0 Å². The maximum Gasteiger partial charge on any atom is 0.319 e. The second-order valence-corrected chi connectivity index (χ2v) is 4.60. The van der Waals surface area contributed by atoms with E-state index in [9.17, 15) is 4.79 Å². The number of benzene rings is 1. The molecule has 5 heteroatoms. The molecule has 1 aliphatic heterocycles. The first-order valence-corrected chi connectivity index (χ1v) is 6.09. The molecule has 1 aromatic carbocycles. The van der Waals surface area contributed by atoms with Crippen molar-refractivity contribution in [3.8, 4) is 6.07 Å². The van der Waals surface area contributed by atoms with Crippen LogP contribution >= 0.6 is 11.8 Å². The van der Waals surface area contributed by atoms with Gasteiger partial charge in [0.15, 0.2) is 0 Å². The highest BCUT2D eigenvalue weighted by atomic mass is 32.2. The Balaban J connectivity index is 1.92. The van der Waals surface area contributed by atoms with Gasteiger partial charge in [0.1, 0.15) is 0 Å². The van der Waals surface area contributed by atoms with Crippen LogP contribution in [0.3, 0.4) is 0 Å². The number of carbonyl (C=O) groups excluding carboxylic acids is 1. The van der Waals surface area contributed by atoms with E-state index in [1.54, 1.807) is 24.3 Å². The van der Waals surface area contributed by atoms with Gasteiger partial charge < -0.3 is 10.6 Å². The van der Waals surface area contributed by atoms with Crippen LogP contribution in [0.2, 0.25) is 0 Å². The SMILES string of the molecule is N#Cc1cccc(NC(=O)NC2CSC2)c1. The van der Waals surface area contributed by atoms with Gasteiger partial charge in [0.05, 0.1) is 11.6 Å². The summed E-state index contributed by atoms with van der Waals surface area (Å²) in [6.07, 6.45) is 0. The molecule has 1 heterocycles. The monoisotopic (exact) mass is 233 g/mol. The third-order valence-electron chi connectivity index (χ3n) is 2.22. The van der Waals surface area contributed by atoms with Gasteiger partial charge >= 0.3 is 6.03 Å². The molecule has 1 fully saturated rings. The zero-order valence-electron chi connectivity index (χ0n) is 8.56. The molecule has 0 bridgehead atoms. The Morgan fingerprint density at radius 1 is 1.50 bits per heavy atom. The van der Waals surface area contributed by atoms with Gasteiger partial charge in [0.25, 0.3) is 0 Å². The minimum atomic E-state index is -0.208. The predicted molar refractivity (Wildman–Crippen MR) is 64.4 cm³/mol. The van der Waals surface area contributed by atoms with Gasteiger partial charge in [-0.15, -0.1) is 0 Å². The molecular weight excluding hydrogens is 222 g/mol. The molecule has 1 saturated heterocycles. The smallest absolute Gasteiger partial charge is 0.319 e. The van der Waals surface area contributed by atoms with E-state index in [1.807, 2.05) is 17.8 Å². The number of amides is 2. The van der Waals surface area contributed by atoms with Crippen molar-refractivity contribution in [1.82, 2.24) is 5.32 Å². The number of urea groups is 1. The third-order valence-corrected chi connectivity index (χ3v) is 3.50. The first-order chi connectivity index (χ1) is 7.78. The normalized spacial score (nSPS) is 14.7. The van der Waals surface area contributed by atoms with Crippen molar-refractivity contribution >= 4 is 23.5 Å². The topological polar surface area (TPSA) is 64.9 Å². The van der Waals surface area contributed by atoms with Crippen molar-refractivity contribution < 1.29 is 4.79 Å². The number of carbonyl (C=O) groups is 1. The van der Waals surface area contributed by atoms with Crippen molar-refractivity contribution in [2.24, 2.45) is 0 Å². The average Bonchev–Trinajstić information content (AvgIpc) is 2.24. The summed E-state index contributed by atoms with van der Waals surface area (Å²) in [5.41, 5.74) is 1.18. The second kappa shape index (κ2) is 4.90. The lowest BCUT2D eigenvalue weighted by Crippen LogP contribution is -2.45. The van der Waals surface area contributed by atoms with Gasteiger partial charge in [-0.3, -0.25) is 0 Å². The Bertz CT molecular complexity index is 437. The molecular formula is C11H11N3OS. The van der Waals surface area contributed by atoms with Crippen LogP contribution in [0.15, 0.2) is 24.3 Å². The molecule has 16 heavy (non-hydrogen) atoms. The molecule has 2 N–H and O–H groups in total. The number of nitrogens with one attached hydrogen (secondary N) is 2. The lowest BCUT2D eigenvalue weighted by Gasteiger charge is -2.25. The molecule has 0 saturated carbocycles. The first kappa shape index (κ1) is 10.8.